The molecule has 90 valence electrons. The number of halogens is 1. The number of hydrogen-bond donors (Lipinski definition) is 3. The summed E-state index contributed by atoms with van der Waals surface area (Å²) in [6.45, 7) is 2.83. The van der Waals surface area contributed by atoms with Crippen LogP contribution in [0.25, 0.3) is 0 Å². The molecule has 0 aliphatic heterocycles. The van der Waals surface area contributed by atoms with Crippen molar-refractivity contribution in [3.63, 3.8) is 0 Å². The molecule has 0 saturated heterocycles. The van der Waals surface area contributed by atoms with E-state index in [0.29, 0.717) is 11.4 Å². The molecule has 16 heavy (non-hydrogen) atoms. The molecule has 0 fully saturated rings. The van der Waals surface area contributed by atoms with E-state index in [0.717, 1.165) is 28.7 Å². The quantitative estimate of drug-likeness (QED) is 0.728. The van der Waals surface area contributed by atoms with Gasteiger partial charge in [0.2, 0.25) is 0 Å². The highest BCUT2D eigenvalue weighted by Gasteiger charge is 2.14. The molecule has 0 atom stereocenters. The monoisotopic (exact) mass is 288 g/mol. The van der Waals surface area contributed by atoms with Gasteiger partial charge in [-0.15, -0.1) is 0 Å². The van der Waals surface area contributed by atoms with Crippen LogP contribution in [-0.4, -0.2) is 18.8 Å². The van der Waals surface area contributed by atoms with Gasteiger partial charge in [-0.2, -0.15) is 0 Å². The van der Waals surface area contributed by atoms with Crippen LogP contribution in [0.2, 0.25) is 0 Å². The number of hydrogen-bond acceptors (Lipinski definition) is 4. The topological polar surface area (TPSA) is 67.5 Å². The number of aliphatic hydroxyl groups excluding tert-OH is 1. The van der Waals surface area contributed by atoms with E-state index in [9.17, 15) is 0 Å². The summed E-state index contributed by atoms with van der Waals surface area (Å²) in [5.41, 5.74) is 8.03. The van der Waals surface area contributed by atoms with Gasteiger partial charge in [0.15, 0.2) is 0 Å². The number of rotatable bonds is 5. The average Bonchev–Trinajstić information content (AvgIpc) is 2.31. The molecule has 0 aliphatic carbocycles. The van der Waals surface area contributed by atoms with Gasteiger partial charge in [-0.1, -0.05) is 6.92 Å². The molecule has 0 unspecified atom stereocenters. The van der Waals surface area contributed by atoms with Gasteiger partial charge < -0.3 is 20.9 Å². The number of benzene rings is 1. The summed E-state index contributed by atoms with van der Waals surface area (Å²) in [6.07, 6.45) is 1.00. The Labute approximate surface area is 104 Å². The zero-order valence-corrected chi connectivity index (χ0v) is 11.1. The normalized spacial score (nSPS) is 10.2. The molecule has 0 amide bonds. The average molecular weight is 289 g/mol. The number of nitrogen functional groups attached to an aromatic ring is 1. The lowest BCUT2D eigenvalue weighted by molar-refractivity contribution is 0.280. The van der Waals surface area contributed by atoms with Crippen LogP contribution in [-0.2, 0) is 6.61 Å². The van der Waals surface area contributed by atoms with E-state index in [-0.39, 0.29) is 6.61 Å². The van der Waals surface area contributed by atoms with E-state index in [1.165, 1.54) is 0 Å². The van der Waals surface area contributed by atoms with Gasteiger partial charge >= 0.3 is 0 Å². The molecule has 0 aromatic heterocycles. The van der Waals surface area contributed by atoms with Crippen LogP contribution in [0.5, 0.6) is 5.75 Å². The van der Waals surface area contributed by atoms with Crippen molar-refractivity contribution < 1.29 is 9.84 Å². The molecule has 1 rings (SSSR count). The van der Waals surface area contributed by atoms with Crippen LogP contribution in [0.3, 0.4) is 0 Å². The second-order valence-corrected chi connectivity index (χ2v) is 4.22. The zero-order valence-electron chi connectivity index (χ0n) is 9.51. The van der Waals surface area contributed by atoms with Gasteiger partial charge in [0.25, 0.3) is 0 Å². The van der Waals surface area contributed by atoms with Crippen molar-refractivity contribution in [3.05, 3.63) is 16.1 Å². The van der Waals surface area contributed by atoms with E-state index >= 15 is 0 Å². The van der Waals surface area contributed by atoms with E-state index < -0.39 is 0 Å². The van der Waals surface area contributed by atoms with Gasteiger partial charge in [0, 0.05) is 11.0 Å². The number of aliphatic hydroxyl groups is 1. The van der Waals surface area contributed by atoms with Crippen molar-refractivity contribution >= 4 is 27.3 Å². The Morgan fingerprint density at radius 3 is 2.75 bits per heavy atom. The second kappa shape index (κ2) is 5.96. The third-order valence-corrected chi connectivity index (χ3v) is 3.22. The Morgan fingerprint density at radius 1 is 1.56 bits per heavy atom. The van der Waals surface area contributed by atoms with Gasteiger partial charge in [0.1, 0.15) is 11.4 Å². The highest BCUT2D eigenvalue weighted by Crippen LogP contribution is 2.39. The summed E-state index contributed by atoms with van der Waals surface area (Å²) in [4.78, 5) is 0. The first-order chi connectivity index (χ1) is 7.65. The molecule has 0 aliphatic rings. The van der Waals surface area contributed by atoms with Crippen LogP contribution in [0.1, 0.15) is 18.9 Å². The number of methoxy groups -OCH3 is 1. The van der Waals surface area contributed by atoms with E-state index in [2.05, 4.69) is 28.2 Å². The Balaban J connectivity index is 3.18. The summed E-state index contributed by atoms with van der Waals surface area (Å²) >= 11 is 3.37. The van der Waals surface area contributed by atoms with Crippen LogP contribution in [0.15, 0.2) is 10.5 Å². The van der Waals surface area contributed by atoms with Gasteiger partial charge in [-0.3, -0.25) is 0 Å². The molecule has 4 N–H and O–H groups in total. The SMILES string of the molecule is CCCNc1c(OC)cc(CO)c(Br)c1N. The summed E-state index contributed by atoms with van der Waals surface area (Å²) in [5.74, 6) is 0.651. The zero-order chi connectivity index (χ0) is 12.1. The van der Waals surface area contributed by atoms with Crippen LogP contribution >= 0.6 is 15.9 Å². The highest BCUT2D eigenvalue weighted by atomic mass is 79.9. The maximum atomic E-state index is 9.17. The summed E-state index contributed by atoms with van der Waals surface area (Å²) in [7, 11) is 1.58. The molecular weight excluding hydrogens is 272 g/mol. The molecule has 5 heteroatoms. The predicted molar refractivity (Wildman–Crippen MR) is 69.8 cm³/mol. The van der Waals surface area contributed by atoms with Gasteiger partial charge in [-0.25, -0.2) is 0 Å². The van der Waals surface area contributed by atoms with Crippen LogP contribution in [0.4, 0.5) is 11.4 Å². The van der Waals surface area contributed by atoms with Crippen molar-refractivity contribution in [2.24, 2.45) is 0 Å². The minimum absolute atomic E-state index is 0.0742. The molecule has 0 bridgehead atoms. The fourth-order valence-electron chi connectivity index (χ4n) is 1.42. The third kappa shape index (κ3) is 2.59. The lowest BCUT2D eigenvalue weighted by Crippen LogP contribution is -2.07. The third-order valence-electron chi connectivity index (χ3n) is 2.28. The molecule has 0 heterocycles. The molecule has 4 nitrogen and oxygen atoms in total. The Kier molecular flexibility index (Phi) is 4.89. The van der Waals surface area contributed by atoms with Crippen molar-refractivity contribution in [2.45, 2.75) is 20.0 Å². The maximum absolute atomic E-state index is 9.17. The van der Waals surface area contributed by atoms with Crippen molar-refractivity contribution in [1.82, 2.24) is 0 Å². The largest absolute Gasteiger partial charge is 0.494 e. The Morgan fingerprint density at radius 2 is 2.25 bits per heavy atom. The van der Waals surface area contributed by atoms with Gasteiger partial charge in [-0.05, 0) is 34.0 Å². The van der Waals surface area contributed by atoms with E-state index in [1.54, 1.807) is 13.2 Å². The number of anilines is 2. The van der Waals surface area contributed by atoms with Crippen molar-refractivity contribution in [2.75, 3.05) is 24.7 Å². The molecule has 1 aromatic rings. The number of nitrogens with two attached hydrogens (primary N) is 1. The maximum Gasteiger partial charge on any atom is 0.144 e. The molecule has 0 spiro atoms. The van der Waals surface area contributed by atoms with E-state index in [4.69, 9.17) is 15.6 Å². The Bertz CT molecular complexity index is 369. The minimum Gasteiger partial charge on any atom is -0.494 e. The first-order valence-corrected chi connectivity index (χ1v) is 5.94. The van der Waals surface area contributed by atoms with E-state index in [1.807, 2.05) is 0 Å². The first-order valence-electron chi connectivity index (χ1n) is 5.15. The molecule has 0 radical (unpaired) electrons. The Hall–Kier alpha value is -0.940. The smallest absolute Gasteiger partial charge is 0.144 e. The van der Waals surface area contributed by atoms with Crippen molar-refractivity contribution in [3.8, 4) is 5.75 Å². The summed E-state index contributed by atoms with van der Waals surface area (Å²) < 4.78 is 5.96. The standard InChI is InChI=1S/C11H17BrN2O2/c1-3-4-14-11-8(16-2)5-7(6-15)9(12)10(11)13/h5,14-15H,3-4,6,13H2,1-2H3. The summed E-state index contributed by atoms with van der Waals surface area (Å²) in [5, 5.41) is 12.4. The highest BCUT2D eigenvalue weighted by molar-refractivity contribution is 9.10. The number of ether oxygens (including phenoxy) is 1. The van der Waals surface area contributed by atoms with Crippen LogP contribution in [0, 0.1) is 0 Å². The first kappa shape index (κ1) is 13.1. The molecule has 0 saturated carbocycles. The molecular formula is C11H17BrN2O2. The predicted octanol–water partition coefficient (Wildman–Crippen LogP) is 2.35. The van der Waals surface area contributed by atoms with Crippen molar-refractivity contribution in [1.29, 1.82) is 0 Å². The number of nitrogens with one attached hydrogen (secondary N) is 1. The lowest BCUT2D eigenvalue weighted by Gasteiger charge is -2.16. The fraction of sp³-hybridized carbons (Fsp3) is 0.455. The lowest BCUT2D eigenvalue weighted by atomic mass is 10.1. The summed E-state index contributed by atoms with van der Waals surface area (Å²) in [6, 6.07) is 1.78. The minimum atomic E-state index is -0.0742. The molecule has 1 aromatic carbocycles. The fourth-order valence-corrected chi connectivity index (χ4v) is 1.86. The van der Waals surface area contributed by atoms with Gasteiger partial charge in [0.05, 0.1) is 19.4 Å². The van der Waals surface area contributed by atoms with Crippen LogP contribution < -0.4 is 15.8 Å². The second-order valence-electron chi connectivity index (χ2n) is 3.43.